The van der Waals surface area contributed by atoms with Gasteiger partial charge in [0.05, 0.1) is 40.0 Å². The molecule has 0 saturated carbocycles. The Hall–Kier alpha value is -3.56. The zero-order valence-electron chi connectivity index (χ0n) is 22.8. The topological polar surface area (TPSA) is 74.3 Å². The number of rotatable bonds is 9. The van der Waals surface area contributed by atoms with E-state index in [0.717, 1.165) is 48.1 Å². The number of thiocarbonyl (C=S) groups is 1. The molecule has 5 atom stereocenters. The van der Waals surface area contributed by atoms with E-state index in [1.807, 2.05) is 30.5 Å². The summed E-state index contributed by atoms with van der Waals surface area (Å²) in [5.41, 5.74) is 2.46. The normalized spacial score (nSPS) is 22.6. The highest BCUT2D eigenvalue weighted by molar-refractivity contribution is 7.80. The molecule has 0 aliphatic carbocycles. The fourth-order valence-electron chi connectivity index (χ4n) is 5.94. The van der Waals surface area contributed by atoms with Gasteiger partial charge in [0.15, 0.2) is 0 Å². The van der Waals surface area contributed by atoms with Gasteiger partial charge in [0.2, 0.25) is 0 Å². The monoisotopic (exact) mass is 549 g/mol. The van der Waals surface area contributed by atoms with E-state index in [0.29, 0.717) is 34.8 Å². The number of nitrogens with zero attached hydrogens (tertiary/aromatic N) is 2. The van der Waals surface area contributed by atoms with E-state index in [1.54, 1.807) is 40.6 Å². The largest absolute Gasteiger partial charge is 0.497 e. The highest BCUT2D eigenvalue weighted by Gasteiger charge is 2.44. The van der Waals surface area contributed by atoms with Crippen molar-refractivity contribution < 1.29 is 23.7 Å². The van der Waals surface area contributed by atoms with Gasteiger partial charge >= 0.3 is 0 Å². The molecule has 3 aliphatic heterocycles. The molecule has 3 saturated heterocycles. The fraction of sp³-hybridized carbons (Fsp3) is 0.400. The third kappa shape index (κ3) is 5.33. The minimum atomic E-state index is -0.341. The average Bonchev–Trinajstić information content (AvgIpc) is 2.99. The summed E-state index contributed by atoms with van der Waals surface area (Å²) in [6.07, 6.45) is 5.74. The van der Waals surface area contributed by atoms with Crippen molar-refractivity contribution in [1.82, 2.24) is 9.88 Å². The number of hydrogen-bond acceptors (Lipinski definition) is 8. The van der Waals surface area contributed by atoms with Crippen molar-refractivity contribution in [3.05, 3.63) is 60.8 Å². The summed E-state index contributed by atoms with van der Waals surface area (Å²) in [5.74, 6) is 3.49. The maximum Gasteiger partial charge on any atom is 0.262 e. The third-order valence-electron chi connectivity index (χ3n) is 7.97. The highest BCUT2D eigenvalue weighted by Crippen LogP contribution is 2.44. The second-order valence-corrected chi connectivity index (χ2v) is 10.3. The quantitative estimate of drug-likeness (QED) is 0.270. The van der Waals surface area contributed by atoms with Crippen LogP contribution in [0.25, 0.3) is 10.9 Å². The lowest BCUT2D eigenvalue weighted by Crippen LogP contribution is -2.55. The van der Waals surface area contributed by atoms with Gasteiger partial charge in [-0.3, -0.25) is 9.88 Å². The van der Waals surface area contributed by atoms with Gasteiger partial charge < -0.3 is 29.0 Å². The summed E-state index contributed by atoms with van der Waals surface area (Å²) in [6.45, 7) is 6.07. The maximum absolute atomic E-state index is 6.68. The molecule has 2 aromatic carbocycles. The van der Waals surface area contributed by atoms with E-state index in [9.17, 15) is 0 Å². The Balaban J connectivity index is 1.52. The van der Waals surface area contributed by atoms with E-state index in [2.05, 4.69) is 27.9 Å². The Kier molecular flexibility index (Phi) is 8.09. The number of anilines is 1. The second-order valence-electron chi connectivity index (χ2n) is 9.89. The number of ether oxygens (including phenoxy) is 5. The molecule has 4 heterocycles. The van der Waals surface area contributed by atoms with Crippen molar-refractivity contribution in [2.24, 2.45) is 11.8 Å². The van der Waals surface area contributed by atoms with Gasteiger partial charge in [-0.25, -0.2) is 0 Å². The van der Waals surface area contributed by atoms with Crippen LogP contribution in [0.1, 0.15) is 24.5 Å². The Bertz CT molecular complexity index is 1340. The van der Waals surface area contributed by atoms with Crippen LogP contribution in [-0.2, 0) is 4.74 Å². The number of aromatic nitrogens is 1. The molecule has 2 bridgehead atoms. The summed E-state index contributed by atoms with van der Waals surface area (Å²) >= 11 is 5.81. The van der Waals surface area contributed by atoms with Gasteiger partial charge in [-0.05, 0) is 67.7 Å². The van der Waals surface area contributed by atoms with Crippen LogP contribution in [0.4, 0.5) is 5.69 Å². The minimum Gasteiger partial charge on any atom is -0.497 e. The lowest BCUT2D eigenvalue weighted by Gasteiger charge is -2.51. The molecule has 39 heavy (non-hydrogen) atoms. The van der Waals surface area contributed by atoms with Crippen LogP contribution in [0.15, 0.2) is 55.3 Å². The molecule has 206 valence electrons. The molecule has 1 N–H and O–H groups in total. The molecule has 0 radical (unpaired) electrons. The van der Waals surface area contributed by atoms with Crippen LogP contribution in [0.2, 0.25) is 0 Å². The van der Waals surface area contributed by atoms with Crippen molar-refractivity contribution >= 4 is 34.0 Å². The van der Waals surface area contributed by atoms with Gasteiger partial charge in [0, 0.05) is 35.8 Å². The van der Waals surface area contributed by atoms with Crippen molar-refractivity contribution in [2.75, 3.05) is 46.8 Å². The molecule has 1 aromatic heterocycles. The molecule has 4 unspecified atom stereocenters. The third-order valence-corrected chi connectivity index (χ3v) is 8.17. The maximum atomic E-state index is 6.68. The number of piperidine rings is 3. The number of methoxy groups -OCH3 is 4. The zero-order valence-corrected chi connectivity index (χ0v) is 23.6. The lowest BCUT2D eigenvalue weighted by molar-refractivity contribution is -0.0386. The van der Waals surface area contributed by atoms with Crippen molar-refractivity contribution in [3.8, 4) is 23.0 Å². The van der Waals surface area contributed by atoms with Crippen LogP contribution in [-0.4, -0.2) is 62.6 Å². The summed E-state index contributed by atoms with van der Waals surface area (Å²) in [5, 5.41) is 4.43. The summed E-state index contributed by atoms with van der Waals surface area (Å²) in [7, 11) is 6.44. The van der Waals surface area contributed by atoms with E-state index in [4.69, 9.17) is 35.9 Å². The van der Waals surface area contributed by atoms with Gasteiger partial charge in [0.25, 0.3) is 5.17 Å². The number of pyridine rings is 1. The molecule has 6 rings (SSSR count). The van der Waals surface area contributed by atoms with Crippen LogP contribution in [0, 0.1) is 11.8 Å². The molecular formula is C30H35N3O5S. The molecule has 3 aromatic rings. The Morgan fingerprint density at radius 2 is 1.79 bits per heavy atom. The lowest BCUT2D eigenvalue weighted by atomic mass is 9.73. The Morgan fingerprint density at radius 1 is 1.05 bits per heavy atom. The molecule has 0 spiro atoms. The molecule has 0 amide bonds. The molecule has 9 heteroatoms. The van der Waals surface area contributed by atoms with Crippen LogP contribution in [0.5, 0.6) is 23.0 Å². The van der Waals surface area contributed by atoms with Crippen molar-refractivity contribution in [1.29, 1.82) is 0 Å². The van der Waals surface area contributed by atoms with Gasteiger partial charge in [0.1, 0.15) is 34.8 Å². The summed E-state index contributed by atoms with van der Waals surface area (Å²) in [6, 6.07) is 11.6. The van der Waals surface area contributed by atoms with Gasteiger partial charge in [-0.2, -0.15) is 0 Å². The summed E-state index contributed by atoms with van der Waals surface area (Å²) < 4.78 is 28.8. The SMILES string of the molecule is C=CC1CN2CCC1CC2[C@@H](OC(=S)Nc1c(OC)cc(OC)cc1OC)c1ccnc2ccc(OC)cc12. The number of hydrogen-bond donors (Lipinski definition) is 1. The Labute approximate surface area is 234 Å². The van der Waals surface area contributed by atoms with E-state index in [1.165, 1.54) is 0 Å². The standard InChI is InChI=1S/C30H35N3O5S/c1-6-18-17-33-12-10-19(18)13-25(33)29(22-9-11-31-24-8-7-20(34-2)14-23(22)24)38-30(39)32-28-26(36-4)15-21(35-3)16-27(28)37-5/h6-9,11,14-16,18-19,25,29H,1,10,12-13,17H2,2-5H3,(H,32,39)/t18?,19?,25?,29-/m0/s1. The number of nitrogens with one attached hydrogen (secondary N) is 1. The zero-order chi connectivity index (χ0) is 27.5. The number of fused-ring (bicyclic) bond motifs is 4. The average molecular weight is 550 g/mol. The molecular weight excluding hydrogens is 514 g/mol. The number of benzene rings is 2. The van der Waals surface area contributed by atoms with Crippen LogP contribution >= 0.6 is 12.2 Å². The van der Waals surface area contributed by atoms with E-state index < -0.39 is 0 Å². The van der Waals surface area contributed by atoms with Gasteiger partial charge in [-0.1, -0.05) is 6.08 Å². The van der Waals surface area contributed by atoms with Crippen molar-refractivity contribution in [3.63, 3.8) is 0 Å². The van der Waals surface area contributed by atoms with E-state index in [-0.39, 0.29) is 17.3 Å². The van der Waals surface area contributed by atoms with Gasteiger partial charge in [-0.15, -0.1) is 6.58 Å². The molecule has 3 aliphatic rings. The predicted octanol–water partition coefficient (Wildman–Crippen LogP) is 5.62. The highest BCUT2D eigenvalue weighted by atomic mass is 32.1. The molecule has 3 fully saturated rings. The Morgan fingerprint density at radius 3 is 2.41 bits per heavy atom. The smallest absolute Gasteiger partial charge is 0.262 e. The van der Waals surface area contributed by atoms with E-state index >= 15 is 0 Å². The summed E-state index contributed by atoms with van der Waals surface area (Å²) in [4.78, 5) is 7.11. The van der Waals surface area contributed by atoms with Crippen molar-refractivity contribution in [2.45, 2.75) is 25.0 Å². The predicted molar refractivity (Wildman–Crippen MR) is 156 cm³/mol. The first-order valence-corrected chi connectivity index (χ1v) is 13.5. The second kappa shape index (κ2) is 11.7. The first kappa shape index (κ1) is 27.0. The fourth-order valence-corrected chi connectivity index (χ4v) is 6.14. The first-order valence-electron chi connectivity index (χ1n) is 13.1. The van der Waals surface area contributed by atoms with Crippen LogP contribution in [0.3, 0.4) is 0 Å². The van der Waals surface area contributed by atoms with Crippen LogP contribution < -0.4 is 24.3 Å². The first-order chi connectivity index (χ1) is 19.0. The minimum absolute atomic E-state index is 0.135. The molecule has 8 nitrogen and oxygen atoms in total.